The number of methoxy groups -OCH3 is 1. The second kappa shape index (κ2) is 6.61. The Labute approximate surface area is 123 Å². The van der Waals surface area contributed by atoms with Crippen LogP contribution >= 0.6 is 0 Å². The van der Waals surface area contributed by atoms with Gasteiger partial charge in [0, 0.05) is 5.56 Å². The molecule has 4 nitrogen and oxygen atoms in total. The van der Waals surface area contributed by atoms with Gasteiger partial charge < -0.3 is 14.6 Å². The Bertz CT molecular complexity index is 647. The van der Waals surface area contributed by atoms with E-state index < -0.39 is 5.97 Å². The Hall–Kier alpha value is -2.75. The van der Waals surface area contributed by atoms with E-state index in [0.29, 0.717) is 17.9 Å². The molecule has 0 aromatic heterocycles. The van der Waals surface area contributed by atoms with Gasteiger partial charge in [-0.15, -0.1) is 0 Å². The highest BCUT2D eigenvalue weighted by Gasteiger charge is 2.19. The van der Waals surface area contributed by atoms with E-state index in [1.165, 1.54) is 13.2 Å². The van der Waals surface area contributed by atoms with E-state index in [0.717, 1.165) is 5.56 Å². The summed E-state index contributed by atoms with van der Waals surface area (Å²) in [6.07, 6.45) is 1.46. The van der Waals surface area contributed by atoms with E-state index in [4.69, 9.17) is 9.47 Å². The van der Waals surface area contributed by atoms with E-state index in [1.807, 2.05) is 30.3 Å². The average molecular weight is 284 g/mol. The summed E-state index contributed by atoms with van der Waals surface area (Å²) in [6.45, 7) is 4.02. The molecule has 0 aliphatic rings. The summed E-state index contributed by atoms with van der Waals surface area (Å²) < 4.78 is 10.8. The third kappa shape index (κ3) is 3.23. The smallest absolute Gasteiger partial charge is 0.340 e. The lowest BCUT2D eigenvalue weighted by Gasteiger charge is -2.14. The summed E-state index contributed by atoms with van der Waals surface area (Å²) in [6, 6.07) is 12.9. The molecule has 0 fully saturated rings. The van der Waals surface area contributed by atoms with Gasteiger partial charge in [-0.05, 0) is 17.7 Å². The van der Waals surface area contributed by atoms with Crippen LogP contribution in [0.1, 0.15) is 21.5 Å². The van der Waals surface area contributed by atoms with Crippen molar-refractivity contribution in [3.8, 4) is 11.5 Å². The van der Waals surface area contributed by atoms with Crippen molar-refractivity contribution in [3.63, 3.8) is 0 Å². The first-order valence-corrected chi connectivity index (χ1v) is 6.40. The predicted octanol–water partition coefficient (Wildman–Crippen LogP) is 3.62. The molecule has 0 heterocycles. The van der Waals surface area contributed by atoms with Crippen molar-refractivity contribution in [1.29, 1.82) is 0 Å². The molecule has 0 amide bonds. The predicted molar refractivity (Wildman–Crippen MR) is 80.8 cm³/mol. The molecule has 0 radical (unpaired) electrons. The Morgan fingerprint density at radius 1 is 1.19 bits per heavy atom. The molecule has 0 saturated heterocycles. The number of carboxylic acids is 1. The standard InChI is InChI=1S/C17H16O4/c1-3-13-14(21-11-12-7-5-4-6-8-12)9-10-15(20-2)16(13)17(18)19/h3-10H,1,11H2,2H3,(H,18,19). The quantitative estimate of drug-likeness (QED) is 0.880. The first kappa shape index (κ1) is 14.7. The zero-order valence-electron chi connectivity index (χ0n) is 11.7. The molecule has 0 aliphatic heterocycles. The molecule has 0 aliphatic carbocycles. The van der Waals surface area contributed by atoms with Gasteiger partial charge in [0.05, 0.1) is 7.11 Å². The molecule has 1 N–H and O–H groups in total. The van der Waals surface area contributed by atoms with Crippen molar-refractivity contribution in [2.45, 2.75) is 6.61 Å². The van der Waals surface area contributed by atoms with Crippen LogP contribution in [0.4, 0.5) is 0 Å². The maximum atomic E-state index is 11.4. The second-order valence-corrected chi connectivity index (χ2v) is 4.34. The van der Waals surface area contributed by atoms with Crippen LogP contribution in [0.3, 0.4) is 0 Å². The van der Waals surface area contributed by atoms with Crippen LogP contribution in [0.5, 0.6) is 11.5 Å². The molecule has 0 saturated carbocycles. The third-order valence-corrected chi connectivity index (χ3v) is 3.04. The van der Waals surface area contributed by atoms with Gasteiger partial charge in [-0.1, -0.05) is 43.0 Å². The molecule has 0 unspecified atom stereocenters. The topological polar surface area (TPSA) is 55.8 Å². The van der Waals surface area contributed by atoms with Crippen LogP contribution in [0.25, 0.3) is 6.08 Å². The lowest BCUT2D eigenvalue weighted by molar-refractivity contribution is 0.0692. The number of hydrogen-bond donors (Lipinski definition) is 1. The Balaban J connectivity index is 2.33. The first-order valence-electron chi connectivity index (χ1n) is 6.40. The normalized spacial score (nSPS) is 9.95. The highest BCUT2D eigenvalue weighted by atomic mass is 16.5. The van der Waals surface area contributed by atoms with Crippen molar-refractivity contribution in [3.05, 3.63) is 65.7 Å². The van der Waals surface area contributed by atoms with Gasteiger partial charge in [0.2, 0.25) is 0 Å². The lowest BCUT2D eigenvalue weighted by atomic mass is 10.0. The van der Waals surface area contributed by atoms with Gasteiger partial charge in [-0.3, -0.25) is 0 Å². The fraction of sp³-hybridized carbons (Fsp3) is 0.118. The zero-order valence-corrected chi connectivity index (χ0v) is 11.7. The fourth-order valence-corrected chi connectivity index (χ4v) is 2.03. The summed E-state index contributed by atoms with van der Waals surface area (Å²) in [5.41, 5.74) is 1.47. The largest absolute Gasteiger partial charge is 0.496 e. The first-order chi connectivity index (χ1) is 10.2. The van der Waals surface area contributed by atoms with Crippen molar-refractivity contribution >= 4 is 12.0 Å². The highest BCUT2D eigenvalue weighted by molar-refractivity contribution is 5.96. The highest BCUT2D eigenvalue weighted by Crippen LogP contribution is 2.32. The molecular weight excluding hydrogens is 268 g/mol. The average Bonchev–Trinajstić information content (AvgIpc) is 2.52. The number of benzene rings is 2. The number of aromatic carboxylic acids is 1. The minimum Gasteiger partial charge on any atom is -0.496 e. The maximum Gasteiger partial charge on any atom is 0.340 e. The van der Waals surface area contributed by atoms with Gasteiger partial charge in [-0.2, -0.15) is 0 Å². The molecule has 0 atom stereocenters. The van der Waals surface area contributed by atoms with Crippen LogP contribution in [0.15, 0.2) is 49.0 Å². The molecule has 0 bridgehead atoms. The number of rotatable bonds is 6. The van der Waals surface area contributed by atoms with Gasteiger partial charge in [0.15, 0.2) is 0 Å². The minimum absolute atomic E-state index is 0.0538. The van der Waals surface area contributed by atoms with E-state index in [-0.39, 0.29) is 11.3 Å². The minimum atomic E-state index is -1.08. The number of ether oxygens (including phenoxy) is 2. The summed E-state index contributed by atoms with van der Waals surface area (Å²) in [5.74, 6) is -0.330. The van der Waals surface area contributed by atoms with Crippen molar-refractivity contribution < 1.29 is 19.4 Å². The van der Waals surface area contributed by atoms with E-state index >= 15 is 0 Å². The Kier molecular flexibility index (Phi) is 4.61. The van der Waals surface area contributed by atoms with Crippen LogP contribution < -0.4 is 9.47 Å². The SMILES string of the molecule is C=Cc1c(OCc2ccccc2)ccc(OC)c1C(=O)O. The van der Waals surface area contributed by atoms with Gasteiger partial charge in [0.25, 0.3) is 0 Å². The number of hydrogen-bond acceptors (Lipinski definition) is 3. The molecule has 2 aromatic rings. The van der Waals surface area contributed by atoms with Crippen LogP contribution in [-0.2, 0) is 6.61 Å². The summed E-state index contributed by atoms with van der Waals surface area (Å²) in [5, 5.41) is 9.34. The molecule has 4 heteroatoms. The van der Waals surface area contributed by atoms with Crippen molar-refractivity contribution in [2.75, 3.05) is 7.11 Å². The zero-order chi connectivity index (χ0) is 15.2. The molecule has 2 rings (SSSR count). The molecule has 108 valence electrons. The monoisotopic (exact) mass is 284 g/mol. The molecule has 2 aromatic carbocycles. The van der Waals surface area contributed by atoms with E-state index in [1.54, 1.807) is 12.1 Å². The Morgan fingerprint density at radius 3 is 2.43 bits per heavy atom. The lowest BCUT2D eigenvalue weighted by Crippen LogP contribution is -2.06. The molecular formula is C17H16O4. The van der Waals surface area contributed by atoms with Crippen molar-refractivity contribution in [1.82, 2.24) is 0 Å². The summed E-state index contributed by atoms with van der Waals surface area (Å²) in [7, 11) is 1.43. The number of carbonyl (C=O) groups is 1. The van der Waals surface area contributed by atoms with Gasteiger partial charge >= 0.3 is 5.97 Å². The third-order valence-electron chi connectivity index (χ3n) is 3.04. The summed E-state index contributed by atoms with van der Waals surface area (Å²) >= 11 is 0. The van der Waals surface area contributed by atoms with Crippen LogP contribution in [0.2, 0.25) is 0 Å². The van der Waals surface area contributed by atoms with Gasteiger partial charge in [0.1, 0.15) is 23.7 Å². The van der Waals surface area contributed by atoms with Crippen LogP contribution in [0, 0.1) is 0 Å². The van der Waals surface area contributed by atoms with Crippen molar-refractivity contribution in [2.24, 2.45) is 0 Å². The Morgan fingerprint density at radius 2 is 1.86 bits per heavy atom. The van der Waals surface area contributed by atoms with E-state index in [2.05, 4.69) is 6.58 Å². The molecule has 0 spiro atoms. The maximum absolute atomic E-state index is 11.4. The molecule has 21 heavy (non-hydrogen) atoms. The van der Waals surface area contributed by atoms with Gasteiger partial charge in [-0.25, -0.2) is 4.79 Å². The van der Waals surface area contributed by atoms with E-state index in [9.17, 15) is 9.90 Å². The second-order valence-electron chi connectivity index (χ2n) is 4.34. The number of carboxylic acid groups (broad SMARTS) is 1. The van der Waals surface area contributed by atoms with Crippen LogP contribution in [-0.4, -0.2) is 18.2 Å². The fourth-order valence-electron chi connectivity index (χ4n) is 2.03. The summed E-state index contributed by atoms with van der Waals surface area (Å²) in [4.78, 5) is 11.4.